The molecular weight excluding hydrogens is 398 g/mol. The normalized spacial score (nSPS) is 30.5. The molecule has 3 fully saturated rings. The van der Waals surface area contributed by atoms with E-state index in [1.165, 1.54) is 5.56 Å². The van der Waals surface area contributed by atoms with Crippen LogP contribution < -0.4 is 5.32 Å². The molecule has 4 rings (SSSR count). The number of benzene rings is 1. The number of piperidine rings is 1. The molecule has 0 radical (unpaired) electrons. The van der Waals surface area contributed by atoms with E-state index in [1.54, 1.807) is 4.31 Å². The van der Waals surface area contributed by atoms with Crippen molar-refractivity contribution in [2.24, 2.45) is 5.41 Å². The van der Waals surface area contributed by atoms with Crippen molar-refractivity contribution in [1.82, 2.24) is 14.5 Å². The second-order valence-electron chi connectivity index (χ2n) is 9.20. The Balaban J connectivity index is 1.38. The number of rotatable bonds is 5. The first-order chi connectivity index (χ1) is 14.4. The third-order valence-electron chi connectivity index (χ3n) is 7.44. The van der Waals surface area contributed by atoms with E-state index in [4.69, 9.17) is 0 Å². The Hall–Kier alpha value is -1.44. The topological polar surface area (TPSA) is 69.7 Å². The first kappa shape index (κ1) is 21.8. The fourth-order valence-corrected chi connectivity index (χ4v) is 7.70. The van der Waals surface area contributed by atoms with Crippen molar-refractivity contribution in [3.05, 3.63) is 35.9 Å². The number of hydrogen-bond acceptors (Lipinski definition) is 4. The number of sulfonamides is 1. The quantitative estimate of drug-likeness (QED) is 0.775. The maximum atomic E-state index is 13.5. The lowest BCUT2D eigenvalue weighted by Gasteiger charge is -2.51. The molecule has 0 unspecified atom stereocenters. The van der Waals surface area contributed by atoms with E-state index in [9.17, 15) is 13.2 Å². The van der Waals surface area contributed by atoms with Crippen LogP contribution in [0.3, 0.4) is 0 Å². The van der Waals surface area contributed by atoms with Gasteiger partial charge >= 0.3 is 0 Å². The van der Waals surface area contributed by atoms with Gasteiger partial charge in [0.1, 0.15) is 0 Å². The predicted molar refractivity (Wildman–Crippen MR) is 118 cm³/mol. The van der Waals surface area contributed by atoms with Crippen LogP contribution in [0.5, 0.6) is 0 Å². The van der Waals surface area contributed by atoms with Crippen molar-refractivity contribution in [2.45, 2.75) is 70.5 Å². The van der Waals surface area contributed by atoms with Gasteiger partial charge in [0.25, 0.3) is 0 Å². The van der Waals surface area contributed by atoms with Crippen molar-refractivity contribution in [3.63, 3.8) is 0 Å². The predicted octanol–water partition coefficient (Wildman–Crippen LogP) is 2.75. The summed E-state index contributed by atoms with van der Waals surface area (Å²) in [5.74, 6) is 0.197. The number of carbonyl (C=O) groups is 1. The zero-order valence-corrected chi connectivity index (χ0v) is 18.9. The fourth-order valence-electron chi connectivity index (χ4n) is 5.76. The fraction of sp³-hybridized carbons (Fsp3) is 0.696. The van der Waals surface area contributed by atoms with E-state index in [0.29, 0.717) is 13.0 Å². The molecule has 1 N–H and O–H groups in total. The number of hydrogen-bond donors (Lipinski definition) is 1. The van der Waals surface area contributed by atoms with Crippen LogP contribution in [0.1, 0.15) is 57.4 Å². The van der Waals surface area contributed by atoms with Crippen LogP contribution in [0, 0.1) is 5.41 Å². The van der Waals surface area contributed by atoms with Gasteiger partial charge in [-0.05, 0) is 37.7 Å². The first-order valence-electron chi connectivity index (χ1n) is 11.5. The molecule has 1 amide bonds. The third kappa shape index (κ3) is 4.30. The summed E-state index contributed by atoms with van der Waals surface area (Å²) in [6.07, 6.45) is 6.00. The van der Waals surface area contributed by atoms with Crippen LogP contribution >= 0.6 is 0 Å². The second kappa shape index (κ2) is 8.97. The first-order valence-corrected chi connectivity index (χ1v) is 13.1. The molecule has 1 aliphatic carbocycles. The average Bonchev–Trinajstić information content (AvgIpc) is 2.75. The summed E-state index contributed by atoms with van der Waals surface area (Å²) in [4.78, 5) is 16.0. The SMILES string of the molecule is CCN1[C@@H]2CCCC[C@@]2(C(=O)NC2CCN(Cc3ccccc3)CC2)CCS1(=O)=O. The van der Waals surface area contributed by atoms with Gasteiger partial charge in [-0.25, -0.2) is 8.42 Å². The van der Waals surface area contributed by atoms with Gasteiger partial charge in [-0.3, -0.25) is 9.69 Å². The summed E-state index contributed by atoms with van der Waals surface area (Å²) < 4.78 is 26.8. The van der Waals surface area contributed by atoms with Crippen LogP contribution in [0.15, 0.2) is 30.3 Å². The molecule has 2 heterocycles. The molecule has 2 atom stereocenters. The van der Waals surface area contributed by atoms with Gasteiger partial charge in [-0.1, -0.05) is 50.1 Å². The van der Waals surface area contributed by atoms with E-state index in [2.05, 4.69) is 34.5 Å². The van der Waals surface area contributed by atoms with Gasteiger partial charge in [0.05, 0.1) is 11.2 Å². The Morgan fingerprint density at radius 3 is 2.53 bits per heavy atom. The molecule has 1 saturated carbocycles. The number of nitrogens with one attached hydrogen (secondary N) is 1. The molecule has 166 valence electrons. The molecule has 1 aromatic rings. The Bertz CT molecular complexity index is 837. The molecule has 0 aromatic heterocycles. The Kier molecular flexibility index (Phi) is 6.51. The lowest BCUT2D eigenvalue weighted by atomic mass is 9.67. The molecule has 1 aromatic carbocycles. The van der Waals surface area contributed by atoms with Crippen LogP contribution in [-0.4, -0.2) is 61.0 Å². The highest BCUT2D eigenvalue weighted by molar-refractivity contribution is 7.89. The number of nitrogens with zero attached hydrogens (tertiary/aromatic N) is 2. The molecule has 0 bridgehead atoms. The summed E-state index contributed by atoms with van der Waals surface area (Å²) in [7, 11) is -3.24. The summed E-state index contributed by atoms with van der Waals surface area (Å²) in [6.45, 7) is 5.26. The van der Waals surface area contributed by atoms with E-state index in [1.807, 2.05) is 13.0 Å². The minimum Gasteiger partial charge on any atom is -0.353 e. The number of likely N-dealkylation sites (tertiary alicyclic amines) is 1. The van der Waals surface area contributed by atoms with E-state index in [-0.39, 0.29) is 23.7 Å². The minimum atomic E-state index is -3.24. The van der Waals surface area contributed by atoms with Crippen molar-refractivity contribution in [3.8, 4) is 0 Å². The lowest BCUT2D eigenvalue weighted by Crippen LogP contribution is -2.63. The van der Waals surface area contributed by atoms with Gasteiger partial charge in [-0.2, -0.15) is 4.31 Å². The monoisotopic (exact) mass is 433 g/mol. The Morgan fingerprint density at radius 1 is 1.10 bits per heavy atom. The van der Waals surface area contributed by atoms with Gasteiger partial charge in [0.2, 0.25) is 15.9 Å². The van der Waals surface area contributed by atoms with Crippen LogP contribution in [0.25, 0.3) is 0 Å². The maximum Gasteiger partial charge on any atom is 0.228 e. The standard InChI is InChI=1S/C23H35N3O3S/c1-2-26-21-10-6-7-13-23(21,14-17-30(26,28)29)22(27)24-20-11-15-25(16-12-20)18-19-8-4-3-5-9-19/h3-5,8-9,20-21H,2,6-7,10-18H2,1H3,(H,24,27)/t21-,23-/m1/s1. The zero-order valence-electron chi connectivity index (χ0n) is 18.1. The highest BCUT2D eigenvalue weighted by atomic mass is 32.2. The van der Waals surface area contributed by atoms with E-state index >= 15 is 0 Å². The van der Waals surface area contributed by atoms with Crippen LogP contribution in [-0.2, 0) is 21.4 Å². The lowest BCUT2D eigenvalue weighted by molar-refractivity contribution is -0.138. The second-order valence-corrected chi connectivity index (χ2v) is 11.2. The number of amides is 1. The minimum absolute atomic E-state index is 0.0975. The van der Waals surface area contributed by atoms with E-state index < -0.39 is 15.4 Å². The molecule has 0 spiro atoms. The summed E-state index contributed by atoms with van der Waals surface area (Å²) in [5, 5.41) is 3.35. The van der Waals surface area contributed by atoms with Crippen molar-refractivity contribution in [2.75, 3.05) is 25.4 Å². The smallest absolute Gasteiger partial charge is 0.228 e. The molecule has 7 heteroatoms. The van der Waals surface area contributed by atoms with Crippen molar-refractivity contribution < 1.29 is 13.2 Å². The largest absolute Gasteiger partial charge is 0.353 e. The number of carbonyl (C=O) groups excluding carboxylic acids is 1. The highest BCUT2D eigenvalue weighted by Crippen LogP contribution is 2.47. The van der Waals surface area contributed by atoms with Crippen molar-refractivity contribution in [1.29, 1.82) is 0 Å². The zero-order chi connectivity index (χ0) is 21.2. The molecule has 2 aliphatic heterocycles. The molecule has 3 aliphatic rings. The Morgan fingerprint density at radius 2 is 1.83 bits per heavy atom. The number of fused-ring (bicyclic) bond motifs is 1. The summed E-state index contributed by atoms with van der Waals surface area (Å²) in [5.41, 5.74) is 0.785. The van der Waals surface area contributed by atoms with Gasteiger partial charge < -0.3 is 5.32 Å². The third-order valence-corrected chi connectivity index (χ3v) is 9.38. The maximum absolute atomic E-state index is 13.5. The molecule has 30 heavy (non-hydrogen) atoms. The Labute approximate surface area is 181 Å². The molecule has 6 nitrogen and oxygen atoms in total. The van der Waals surface area contributed by atoms with Gasteiger partial charge in [0.15, 0.2) is 0 Å². The highest BCUT2D eigenvalue weighted by Gasteiger charge is 2.55. The van der Waals surface area contributed by atoms with Gasteiger partial charge in [-0.15, -0.1) is 0 Å². The molecule has 2 saturated heterocycles. The average molecular weight is 434 g/mol. The summed E-state index contributed by atoms with van der Waals surface area (Å²) >= 11 is 0. The summed E-state index contributed by atoms with van der Waals surface area (Å²) in [6, 6.07) is 10.5. The van der Waals surface area contributed by atoms with Crippen LogP contribution in [0.4, 0.5) is 0 Å². The van der Waals surface area contributed by atoms with E-state index in [0.717, 1.165) is 58.2 Å². The molecular formula is C23H35N3O3S. The van der Waals surface area contributed by atoms with Crippen molar-refractivity contribution >= 4 is 15.9 Å². The van der Waals surface area contributed by atoms with Crippen LogP contribution in [0.2, 0.25) is 0 Å². The van der Waals surface area contributed by atoms with Gasteiger partial charge in [0, 0.05) is 38.3 Å².